The first-order valence-corrected chi connectivity index (χ1v) is 7.68. The van der Waals surface area contributed by atoms with Gasteiger partial charge in [-0.25, -0.2) is 4.98 Å². The number of hydrogen-bond acceptors (Lipinski definition) is 6. The van der Waals surface area contributed by atoms with Gasteiger partial charge in [0.15, 0.2) is 0 Å². The summed E-state index contributed by atoms with van der Waals surface area (Å²) in [7, 11) is 0. The van der Waals surface area contributed by atoms with Gasteiger partial charge in [0.05, 0.1) is 5.01 Å². The van der Waals surface area contributed by atoms with Gasteiger partial charge in [-0.2, -0.15) is 0 Å². The number of rotatable bonds is 5. The van der Waals surface area contributed by atoms with Crippen molar-refractivity contribution in [1.29, 1.82) is 0 Å². The molecule has 1 N–H and O–H groups in total. The molecule has 6 nitrogen and oxygen atoms in total. The number of aryl methyl sites for hydroxylation is 2. The predicted molar refractivity (Wildman–Crippen MR) is 83.5 cm³/mol. The van der Waals surface area contributed by atoms with Crippen LogP contribution in [0.1, 0.15) is 17.0 Å². The lowest BCUT2D eigenvalue weighted by molar-refractivity contribution is -0.116. The average Bonchev–Trinajstić information content (AvgIpc) is 3.15. The lowest BCUT2D eigenvalue weighted by atomic mass is 10.1. The molecule has 3 rings (SSSR count). The van der Waals surface area contributed by atoms with Crippen LogP contribution in [0.15, 0.2) is 40.1 Å². The van der Waals surface area contributed by atoms with E-state index in [4.69, 9.17) is 4.42 Å². The standard InChI is InChI=1S/C15H14N4O2S/c1-10-16-12(9-22-10)14-18-19-15(21-14)17-13(20)8-7-11-5-3-2-4-6-11/h2-6,9H,7-8H2,1H3,(H,17,19,20). The fourth-order valence-corrected chi connectivity index (χ4v) is 2.51. The Bertz CT molecular complexity index is 767. The molecule has 0 aliphatic rings. The summed E-state index contributed by atoms with van der Waals surface area (Å²) in [5, 5.41) is 13.1. The van der Waals surface area contributed by atoms with Crippen molar-refractivity contribution in [3.8, 4) is 11.6 Å². The lowest BCUT2D eigenvalue weighted by Crippen LogP contribution is -2.12. The maximum absolute atomic E-state index is 11.9. The Morgan fingerprint density at radius 1 is 1.27 bits per heavy atom. The van der Waals surface area contributed by atoms with Crippen LogP contribution < -0.4 is 5.32 Å². The lowest BCUT2D eigenvalue weighted by Gasteiger charge is -2.00. The number of anilines is 1. The second-order valence-corrected chi connectivity index (χ2v) is 5.76. The van der Waals surface area contributed by atoms with Crippen LogP contribution in [0, 0.1) is 6.92 Å². The number of hydrogen-bond donors (Lipinski definition) is 1. The summed E-state index contributed by atoms with van der Waals surface area (Å²) in [6.07, 6.45) is 1.02. The maximum Gasteiger partial charge on any atom is 0.322 e. The van der Waals surface area contributed by atoms with E-state index in [1.54, 1.807) is 0 Å². The molecule has 0 saturated heterocycles. The summed E-state index contributed by atoms with van der Waals surface area (Å²) in [4.78, 5) is 16.1. The molecule has 1 amide bonds. The Balaban J connectivity index is 1.57. The molecular formula is C15H14N4O2S. The van der Waals surface area contributed by atoms with Crippen LogP contribution in [0.25, 0.3) is 11.6 Å². The van der Waals surface area contributed by atoms with Crippen molar-refractivity contribution in [3.63, 3.8) is 0 Å². The highest BCUT2D eigenvalue weighted by molar-refractivity contribution is 7.09. The Hall–Kier alpha value is -2.54. The van der Waals surface area contributed by atoms with Gasteiger partial charge in [0.2, 0.25) is 5.91 Å². The van der Waals surface area contributed by atoms with Crippen LogP contribution >= 0.6 is 11.3 Å². The fraction of sp³-hybridized carbons (Fsp3) is 0.200. The zero-order valence-electron chi connectivity index (χ0n) is 11.9. The van der Waals surface area contributed by atoms with Gasteiger partial charge in [-0.1, -0.05) is 35.4 Å². The van der Waals surface area contributed by atoms with Gasteiger partial charge in [-0.3, -0.25) is 10.1 Å². The van der Waals surface area contributed by atoms with Crippen LogP contribution in [0.3, 0.4) is 0 Å². The first-order valence-electron chi connectivity index (χ1n) is 6.80. The Labute approximate surface area is 131 Å². The number of amides is 1. The highest BCUT2D eigenvalue weighted by Crippen LogP contribution is 2.21. The topological polar surface area (TPSA) is 80.9 Å². The third kappa shape index (κ3) is 3.56. The summed E-state index contributed by atoms with van der Waals surface area (Å²) < 4.78 is 5.40. The first-order chi connectivity index (χ1) is 10.7. The fourth-order valence-electron chi connectivity index (χ4n) is 1.92. The minimum atomic E-state index is -0.159. The number of carbonyl (C=O) groups excluding carboxylic acids is 1. The summed E-state index contributed by atoms with van der Waals surface area (Å²) >= 11 is 1.50. The maximum atomic E-state index is 11.9. The summed E-state index contributed by atoms with van der Waals surface area (Å²) in [5.41, 5.74) is 1.74. The van der Waals surface area contributed by atoms with E-state index in [9.17, 15) is 4.79 Å². The second kappa shape index (κ2) is 6.48. The van der Waals surface area contributed by atoms with Crippen molar-refractivity contribution >= 4 is 23.3 Å². The second-order valence-electron chi connectivity index (χ2n) is 4.70. The molecule has 0 bridgehead atoms. The van der Waals surface area contributed by atoms with E-state index in [0.29, 0.717) is 24.4 Å². The highest BCUT2D eigenvalue weighted by Gasteiger charge is 2.13. The van der Waals surface area contributed by atoms with Crippen molar-refractivity contribution in [2.24, 2.45) is 0 Å². The number of thiazole rings is 1. The van der Waals surface area contributed by atoms with Gasteiger partial charge in [0.25, 0.3) is 5.89 Å². The third-order valence-corrected chi connectivity index (χ3v) is 3.77. The predicted octanol–water partition coefficient (Wildman–Crippen LogP) is 3.07. The molecule has 0 saturated carbocycles. The molecule has 1 aromatic carbocycles. The van der Waals surface area contributed by atoms with E-state index in [1.165, 1.54) is 11.3 Å². The third-order valence-electron chi connectivity index (χ3n) is 2.99. The minimum absolute atomic E-state index is 0.0960. The molecule has 3 aromatic rings. The zero-order chi connectivity index (χ0) is 15.4. The quantitative estimate of drug-likeness (QED) is 0.782. The first kappa shape index (κ1) is 14.4. The Kier molecular flexibility index (Phi) is 4.24. The molecule has 2 aromatic heterocycles. The largest absolute Gasteiger partial charge is 0.401 e. The van der Waals surface area contributed by atoms with Gasteiger partial charge in [0.1, 0.15) is 5.69 Å². The van der Waals surface area contributed by atoms with Crippen LogP contribution in [0.5, 0.6) is 0 Å². The molecular weight excluding hydrogens is 300 g/mol. The molecule has 0 aliphatic heterocycles. The average molecular weight is 314 g/mol. The van der Waals surface area contributed by atoms with Crippen LogP contribution in [-0.4, -0.2) is 21.1 Å². The van der Waals surface area contributed by atoms with Crippen molar-refractivity contribution < 1.29 is 9.21 Å². The molecule has 2 heterocycles. The smallest absolute Gasteiger partial charge is 0.322 e. The summed E-state index contributed by atoms with van der Waals surface area (Å²) in [6, 6.07) is 9.93. The monoisotopic (exact) mass is 314 g/mol. The van der Waals surface area contributed by atoms with Crippen molar-refractivity contribution in [2.45, 2.75) is 19.8 Å². The van der Waals surface area contributed by atoms with Gasteiger partial charge in [-0.05, 0) is 18.9 Å². The number of nitrogens with one attached hydrogen (secondary N) is 1. The number of nitrogens with zero attached hydrogens (tertiary/aromatic N) is 3. The van der Waals surface area contributed by atoms with Gasteiger partial charge >= 0.3 is 6.01 Å². The molecule has 0 atom stereocenters. The molecule has 0 radical (unpaired) electrons. The molecule has 0 aliphatic carbocycles. The molecule has 22 heavy (non-hydrogen) atoms. The summed E-state index contributed by atoms with van der Waals surface area (Å²) in [6.45, 7) is 1.90. The van der Waals surface area contributed by atoms with Gasteiger partial charge in [0, 0.05) is 11.8 Å². The minimum Gasteiger partial charge on any atom is -0.401 e. The van der Waals surface area contributed by atoms with E-state index in [1.807, 2.05) is 42.6 Å². The van der Waals surface area contributed by atoms with E-state index in [2.05, 4.69) is 20.5 Å². The number of aromatic nitrogens is 3. The van der Waals surface area contributed by atoms with Crippen molar-refractivity contribution in [3.05, 3.63) is 46.3 Å². The highest BCUT2D eigenvalue weighted by atomic mass is 32.1. The normalized spacial score (nSPS) is 10.6. The molecule has 0 fully saturated rings. The summed E-state index contributed by atoms with van der Waals surface area (Å²) in [5.74, 6) is 0.149. The number of carbonyl (C=O) groups is 1. The van der Waals surface area contributed by atoms with Gasteiger partial charge in [-0.15, -0.1) is 16.4 Å². The molecule has 0 spiro atoms. The molecule has 112 valence electrons. The van der Waals surface area contributed by atoms with Crippen LogP contribution in [0.2, 0.25) is 0 Å². The molecule has 0 unspecified atom stereocenters. The van der Waals surface area contributed by atoms with Crippen LogP contribution in [-0.2, 0) is 11.2 Å². The zero-order valence-corrected chi connectivity index (χ0v) is 12.8. The van der Waals surface area contributed by atoms with E-state index < -0.39 is 0 Å². The molecule has 7 heteroatoms. The Morgan fingerprint density at radius 2 is 2.09 bits per heavy atom. The van der Waals surface area contributed by atoms with Crippen molar-refractivity contribution in [1.82, 2.24) is 15.2 Å². The Morgan fingerprint density at radius 3 is 2.82 bits per heavy atom. The van der Waals surface area contributed by atoms with E-state index in [0.717, 1.165) is 10.6 Å². The van der Waals surface area contributed by atoms with E-state index in [-0.39, 0.29) is 11.9 Å². The SMILES string of the molecule is Cc1nc(-c2nnc(NC(=O)CCc3ccccc3)o2)cs1. The van der Waals surface area contributed by atoms with Crippen molar-refractivity contribution in [2.75, 3.05) is 5.32 Å². The van der Waals surface area contributed by atoms with Gasteiger partial charge < -0.3 is 4.42 Å². The van der Waals surface area contributed by atoms with E-state index >= 15 is 0 Å². The van der Waals surface area contributed by atoms with Crippen LogP contribution in [0.4, 0.5) is 6.01 Å². The number of benzene rings is 1.